The number of non-ortho nitro benzene ring substituents is 1. The summed E-state index contributed by atoms with van der Waals surface area (Å²) in [5.41, 5.74) is 1.99. The number of nitro groups is 1. The molecule has 1 heterocycles. The maximum atomic E-state index is 11.5. The highest BCUT2D eigenvalue weighted by molar-refractivity contribution is 5.87. The summed E-state index contributed by atoms with van der Waals surface area (Å²) in [5, 5.41) is 23.3. The van der Waals surface area contributed by atoms with E-state index in [9.17, 15) is 20.0 Å². The number of aliphatic carboxylic acids is 1. The standard InChI is InChI=1S/C23H18N2O5/c26-23(27)13-19(21-14-24-22-10-9-16(25(28)29)12-20(21)22)15-5-4-8-18(11-15)30-17-6-2-1-3-7-17/h1-12,14,19,24H,13H2,(H,26,27)/p-1/t19-/m0/s1. The zero-order valence-corrected chi connectivity index (χ0v) is 15.8. The molecule has 0 radical (unpaired) electrons. The Balaban J connectivity index is 1.76. The van der Waals surface area contributed by atoms with Gasteiger partial charge in [0.15, 0.2) is 0 Å². The molecule has 3 aromatic carbocycles. The molecule has 0 amide bonds. The van der Waals surface area contributed by atoms with Gasteiger partial charge >= 0.3 is 0 Å². The number of carbonyl (C=O) groups excluding carboxylic acids is 1. The van der Waals surface area contributed by atoms with E-state index in [1.165, 1.54) is 12.1 Å². The first-order chi connectivity index (χ1) is 14.5. The van der Waals surface area contributed by atoms with E-state index in [1.54, 1.807) is 30.5 Å². The summed E-state index contributed by atoms with van der Waals surface area (Å²) in [6, 6.07) is 20.9. The van der Waals surface area contributed by atoms with Crippen molar-refractivity contribution >= 4 is 22.6 Å². The number of nitro benzene ring substituents is 1. The highest BCUT2D eigenvalue weighted by Crippen LogP contribution is 2.36. The van der Waals surface area contributed by atoms with Gasteiger partial charge < -0.3 is 19.6 Å². The highest BCUT2D eigenvalue weighted by Gasteiger charge is 2.21. The lowest BCUT2D eigenvalue weighted by Gasteiger charge is -2.19. The second-order valence-electron chi connectivity index (χ2n) is 6.85. The van der Waals surface area contributed by atoms with Crippen LogP contribution in [0.2, 0.25) is 0 Å². The van der Waals surface area contributed by atoms with Crippen molar-refractivity contribution in [3.05, 3.63) is 100 Å². The molecule has 0 aliphatic rings. The molecule has 4 aromatic rings. The van der Waals surface area contributed by atoms with Gasteiger partial charge in [0.1, 0.15) is 11.5 Å². The quantitative estimate of drug-likeness (QED) is 0.370. The third kappa shape index (κ3) is 4.00. The summed E-state index contributed by atoms with van der Waals surface area (Å²) in [6.07, 6.45) is 1.41. The maximum Gasteiger partial charge on any atom is 0.270 e. The number of fused-ring (bicyclic) bond motifs is 1. The normalized spacial score (nSPS) is 11.9. The molecule has 150 valence electrons. The smallest absolute Gasteiger partial charge is 0.270 e. The van der Waals surface area contributed by atoms with Crippen molar-refractivity contribution < 1.29 is 19.6 Å². The van der Waals surface area contributed by atoms with Gasteiger partial charge in [0.05, 0.1) is 4.92 Å². The fourth-order valence-electron chi connectivity index (χ4n) is 3.53. The summed E-state index contributed by atoms with van der Waals surface area (Å²) >= 11 is 0. The van der Waals surface area contributed by atoms with Crippen LogP contribution in [-0.4, -0.2) is 15.9 Å². The number of carbonyl (C=O) groups is 1. The Morgan fingerprint density at radius 1 is 1.00 bits per heavy atom. The number of hydrogen-bond acceptors (Lipinski definition) is 5. The number of ether oxygens (including phenoxy) is 1. The lowest BCUT2D eigenvalue weighted by atomic mass is 9.88. The van der Waals surface area contributed by atoms with Crippen molar-refractivity contribution in [1.82, 2.24) is 4.98 Å². The van der Waals surface area contributed by atoms with Gasteiger partial charge in [-0.2, -0.15) is 0 Å². The summed E-state index contributed by atoms with van der Waals surface area (Å²) in [4.78, 5) is 25.3. The van der Waals surface area contributed by atoms with Gasteiger partial charge in [-0.3, -0.25) is 10.1 Å². The molecule has 0 fully saturated rings. The molecular weight excluding hydrogens is 384 g/mol. The molecular formula is C23H17N2O5-. The minimum absolute atomic E-state index is 0.0586. The lowest BCUT2D eigenvalue weighted by Crippen LogP contribution is -2.24. The van der Waals surface area contributed by atoms with Crippen molar-refractivity contribution in [2.75, 3.05) is 0 Å². The van der Waals surface area contributed by atoms with Crippen LogP contribution in [0.5, 0.6) is 11.5 Å². The summed E-state index contributed by atoms with van der Waals surface area (Å²) < 4.78 is 5.87. The molecule has 1 aromatic heterocycles. The Morgan fingerprint density at radius 3 is 2.50 bits per heavy atom. The number of rotatable bonds is 7. The number of carboxylic acids is 1. The highest BCUT2D eigenvalue weighted by atomic mass is 16.6. The van der Waals surface area contributed by atoms with Crippen molar-refractivity contribution in [2.45, 2.75) is 12.3 Å². The van der Waals surface area contributed by atoms with Gasteiger partial charge in [-0.05, 0) is 47.9 Å². The van der Waals surface area contributed by atoms with Crippen molar-refractivity contribution in [3.8, 4) is 11.5 Å². The third-order valence-corrected chi connectivity index (χ3v) is 4.89. The van der Waals surface area contributed by atoms with Crippen LogP contribution < -0.4 is 9.84 Å². The topological polar surface area (TPSA) is 108 Å². The summed E-state index contributed by atoms with van der Waals surface area (Å²) in [5.74, 6) is -0.555. The van der Waals surface area contributed by atoms with E-state index in [2.05, 4.69) is 4.98 Å². The van der Waals surface area contributed by atoms with Crippen molar-refractivity contribution in [2.24, 2.45) is 0 Å². The Hall–Kier alpha value is -4.13. The van der Waals surface area contributed by atoms with Gasteiger partial charge in [0.25, 0.3) is 5.69 Å². The Labute approximate surface area is 171 Å². The predicted molar refractivity (Wildman–Crippen MR) is 109 cm³/mol. The van der Waals surface area contributed by atoms with Crippen LogP contribution in [0.4, 0.5) is 5.69 Å². The van der Waals surface area contributed by atoms with Crippen molar-refractivity contribution in [1.29, 1.82) is 0 Å². The Bertz CT molecular complexity index is 1220. The van der Waals surface area contributed by atoms with Crippen LogP contribution in [-0.2, 0) is 4.79 Å². The van der Waals surface area contributed by atoms with Gasteiger partial charge in [-0.1, -0.05) is 30.3 Å². The number of hydrogen-bond donors (Lipinski definition) is 1. The molecule has 30 heavy (non-hydrogen) atoms. The number of nitrogens with zero attached hydrogens (tertiary/aromatic N) is 1. The number of carboxylic acid groups (broad SMARTS) is 1. The van der Waals surface area contributed by atoms with Crippen LogP contribution in [0.1, 0.15) is 23.5 Å². The minimum Gasteiger partial charge on any atom is -0.550 e. The number of aromatic nitrogens is 1. The summed E-state index contributed by atoms with van der Waals surface area (Å²) in [7, 11) is 0. The van der Waals surface area contributed by atoms with Crippen LogP contribution in [0.25, 0.3) is 10.9 Å². The minimum atomic E-state index is -1.21. The van der Waals surface area contributed by atoms with Crippen LogP contribution in [0, 0.1) is 10.1 Å². The first kappa shape index (κ1) is 19.2. The van der Waals surface area contributed by atoms with Crippen LogP contribution in [0.15, 0.2) is 79.0 Å². The van der Waals surface area contributed by atoms with E-state index in [0.29, 0.717) is 33.5 Å². The number of aromatic amines is 1. The lowest BCUT2D eigenvalue weighted by molar-refractivity contribution is -0.384. The zero-order valence-electron chi connectivity index (χ0n) is 15.8. The molecule has 4 rings (SSSR count). The molecule has 7 heteroatoms. The van der Waals surface area contributed by atoms with Gasteiger partial charge in [0.2, 0.25) is 0 Å². The van der Waals surface area contributed by atoms with Crippen LogP contribution in [0.3, 0.4) is 0 Å². The monoisotopic (exact) mass is 401 g/mol. The first-order valence-corrected chi connectivity index (χ1v) is 9.29. The van der Waals surface area contributed by atoms with E-state index >= 15 is 0 Å². The zero-order chi connectivity index (χ0) is 21.1. The van der Waals surface area contributed by atoms with Gasteiger partial charge in [-0.25, -0.2) is 0 Å². The predicted octanol–water partition coefficient (Wildman–Crippen LogP) is 4.14. The third-order valence-electron chi connectivity index (χ3n) is 4.89. The molecule has 0 aliphatic heterocycles. The summed E-state index contributed by atoms with van der Waals surface area (Å²) in [6.45, 7) is 0. The van der Waals surface area contributed by atoms with E-state index < -0.39 is 16.8 Å². The first-order valence-electron chi connectivity index (χ1n) is 9.29. The fraction of sp³-hybridized carbons (Fsp3) is 0.0870. The largest absolute Gasteiger partial charge is 0.550 e. The molecule has 1 atom stereocenters. The molecule has 0 saturated heterocycles. The van der Waals surface area contributed by atoms with E-state index in [1.807, 2.05) is 36.4 Å². The fourth-order valence-corrected chi connectivity index (χ4v) is 3.53. The van der Waals surface area contributed by atoms with E-state index in [4.69, 9.17) is 4.74 Å². The molecule has 0 bridgehead atoms. The number of para-hydroxylation sites is 1. The Morgan fingerprint density at radius 2 is 1.77 bits per heavy atom. The molecule has 0 aliphatic carbocycles. The molecule has 0 spiro atoms. The number of nitrogens with one attached hydrogen (secondary N) is 1. The molecule has 1 N–H and O–H groups in total. The van der Waals surface area contributed by atoms with E-state index in [-0.39, 0.29) is 12.1 Å². The van der Waals surface area contributed by atoms with Gasteiger partial charge in [0, 0.05) is 41.1 Å². The van der Waals surface area contributed by atoms with Crippen LogP contribution >= 0.6 is 0 Å². The Kier molecular flexibility index (Phi) is 5.17. The molecule has 0 unspecified atom stereocenters. The second-order valence-corrected chi connectivity index (χ2v) is 6.85. The van der Waals surface area contributed by atoms with E-state index in [0.717, 1.165) is 0 Å². The number of H-pyrrole nitrogens is 1. The SMILES string of the molecule is O=C([O-])C[C@@H](c1cccc(Oc2ccccc2)c1)c1c[nH]c2ccc([N+](=O)[O-])cc12. The maximum absolute atomic E-state index is 11.5. The van der Waals surface area contributed by atoms with Gasteiger partial charge in [-0.15, -0.1) is 0 Å². The molecule has 7 nitrogen and oxygen atoms in total. The number of benzene rings is 3. The van der Waals surface area contributed by atoms with Crippen molar-refractivity contribution in [3.63, 3.8) is 0 Å². The average molecular weight is 401 g/mol. The molecule has 0 saturated carbocycles. The average Bonchev–Trinajstić information content (AvgIpc) is 3.16. The second kappa shape index (κ2) is 8.08.